The number of amides is 3. The van der Waals surface area contributed by atoms with E-state index in [4.69, 9.17) is 21.5 Å². The Morgan fingerprint density at radius 3 is 2.61 bits per heavy atom. The molecular formula is C23H22ClFN6O6S. The van der Waals surface area contributed by atoms with Gasteiger partial charge in [-0.25, -0.2) is 27.7 Å². The number of urea groups is 1. The predicted octanol–water partition coefficient (Wildman–Crippen LogP) is 1.93. The van der Waals surface area contributed by atoms with Gasteiger partial charge < -0.3 is 15.0 Å². The molecule has 0 bridgehead atoms. The summed E-state index contributed by atoms with van der Waals surface area (Å²) in [7, 11) is -2.84. The highest BCUT2D eigenvalue weighted by Crippen LogP contribution is 2.25. The second-order valence-electron chi connectivity index (χ2n) is 8.30. The lowest BCUT2D eigenvalue weighted by atomic mass is 10.1. The number of pyridine rings is 2. The highest BCUT2D eigenvalue weighted by molar-refractivity contribution is 7.89. The number of hydrogen-bond donors (Lipinski definition) is 3. The number of nitrogens with two attached hydrogens (primary N) is 1. The van der Waals surface area contributed by atoms with E-state index in [2.05, 4.69) is 15.6 Å². The maximum atomic E-state index is 15.0. The number of rotatable bonds is 6. The van der Waals surface area contributed by atoms with E-state index in [0.29, 0.717) is 5.02 Å². The smallest absolute Gasteiger partial charge is 0.323 e. The Hall–Kier alpha value is -3.85. The number of sulfonamides is 1. The molecule has 3 amide bonds. The van der Waals surface area contributed by atoms with Crippen molar-refractivity contribution in [3.63, 3.8) is 0 Å². The zero-order valence-corrected chi connectivity index (χ0v) is 21.4. The first kappa shape index (κ1) is 27.2. The lowest BCUT2D eigenvalue weighted by Gasteiger charge is -2.24. The fraction of sp³-hybridized carbons (Fsp3) is 0.217. The maximum absolute atomic E-state index is 15.0. The summed E-state index contributed by atoms with van der Waals surface area (Å²) < 4.78 is 44.5. The molecule has 1 aliphatic heterocycles. The van der Waals surface area contributed by atoms with Crippen LogP contribution in [0.2, 0.25) is 5.02 Å². The van der Waals surface area contributed by atoms with Gasteiger partial charge in [-0.15, -0.1) is 0 Å². The van der Waals surface area contributed by atoms with Crippen molar-refractivity contribution in [3.8, 4) is 5.69 Å². The standard InChI is InChI=1S/C23H22ClFN6O6S/c1-37-15-10-18(31(12-15)23(34)29-20-7-4-13(24)11-27-20)21(32)28-17-6-5-14(9-16(17)25)30-8-2-3-19(22(30)33)38(26,35)36/h2-9,11,15,18H,10,12H2,1H3,(H,28,32)(H2,26,35,36)(H,27,29,34)/t15-,18-/m1/s1. The number of primary sulfonamides is 1. The molecule has 38 heavy (non-hydrogen) atoms. The Labute approximate surface area is 221 Å². The fourth-order valence-electron chi connectivity index (χ4n) is 3.94. The second kappa shape index (κ2) is 10.9. The minimum absolute atomic E-state index is 0.00720. The molecule has 0 saturated carbocycles. The minimum Gasteiger partial charge on any atom is -0.380 e. The SMILES string of the molecule is CO[C@@H]1C[C@H](C(=O)Nc2ccc(-n3cccc(S(N)(=O)=O)c3=O)cc2F)N(C(=O)Nc2ccc(Cl)cn2)C1. The van der Waals surface area contributed by atoms with Gasteiger partial charge in [-0.2, -0.15) is 0 Å². The number of halogens is 2. The Balaban J connectivity index is 1.53. The van der Waals surface area contributed by atoms with Gasteiger partial charge >= 0.3 is 6.03 Å². The number of methoxy groups -OCH3 is 1. The number of likely N-dealkylation sites (tertiary alicyclic amines) is 1. The molecule has 4 rings (SSSR count). The molecule has 1 aliphatic rings. The van der Waals surface area contributed by atoms with Crippen LogP contribution in [0.5, 0.6) is 0 Å². The van der Waals surface area contributed by atoms with Crippen molar-refractivity contribution >= 4 is 45.1 Å². The Morgan fingerprint density at radius 2 is 1.97 bits per heavy atom. The maximum Gasteiger partial charge on any atom is 0.323 e. The first-order valence-electron chi connectivity index (χ1n) is 11.0. The van der Waals surface area contributed by atoms with Crippen molar-refractivity contribution in [2.75, 3.05) is 24.3 Å². The van der Waals surface area contributed by atoms with Gasteiger partial charge in [0.05, 0.1) is 22.5 Å². The normalized spacial score (nSPS) is 17.3. The van der Waals surface area contributed by atoms with Crippen molar-refractivity contribution in [1.29, 1.82) is 0 Å². The number of carbonyl (C=O) groups is 2. The van der Waals surface area contributed by atoms with Crippen LogP contribution >= 0.6 is 11.6 Å². The number of ether oxygens (including phenoxy) is 1. The average Bonchev–Trinajstić information content (AvgIpc) is 3.31. The molecule has 4 N–H and O–H groups in total. The predicted molar refractivity (Wildman–Crippen MR) is 136 cm³/mol. The van der Waals surface area contributed by atoms with E-state index >= 15 is 0 Å². The lowest BCUT2D eigenvalue weighted by Crippen LogP contribution is -2.45. The zero-order chi connectivity index (χ0) is 27.6. The van der Waals surface area contributed by atoms with E-state index in [9.17, 15) is 27.2 Å². The fourth-order valence-corrected chi connectivity index (χ4v) is 4.66. The van der Waals surface area contributed by atoms with E-state index in [1.165, 1.54) is 48.7 Å². The first-order chi connectivity index (χ1) is 18.0. The van der Waals surface area contributed by atoms with E-state index < -0.39 is 50.4 Å². The molecule has 15 heteroatoms. The van der Waals surface area contributed by atoms with E-state index in [-0.39, 0.29) is 30.2 Å². The average molecular weight is 565 g/mol. The van der Waals surface area contributed by atoms with Gasteiger partial charge in [0.25, 0.3) is 5.56 Å². The van der Waals surface area contributed by atoms with Crippen LogP contribution in [0.25, 0.3) is 5.69 Å². The molecule has 1 saturated heterocycles. The molecule has 0 aliphatic carbocycles. The highest BCUT2D eigenvalue weighted by atomic mass is 35.5. The molecule has 1 aromatic carbocycles. The van der Waals surface area contributed by atoms with Crippen LogP contribution in [-0.2, 0) is 19.6 Å². The number of carbonyl (C=O) groups excluding carboxylic acids is 2. The van der Waals surface area contributed by atoms with Crippen molar-refractivity contribution in [3.05, 3.63) is 76.1 Å². The van der Waals surface area contributed by atoms with Crippen LogP contribution in [0.15, 0.2) is 64.5 Å². The van der Waals surface area contributed by atoms with Gasteiger partial charge in [-0.1, -0.05) is 11.6 Å². The Morgan fingerprint density at radius 1 is 1.21 bits per heavy atom. The summed E-state index contributed by atoms with van der Waals surface area (Å²) in [5.41, 5.74) is -1.16. The molecule has 3 aromatic rings. The van der Waals surface area contributed by atoms with Crippen LogP contribution in [0.1, 0.15) is 6.42 Å². The van der Waals surface area contributed by atoms with Gasteiger partial charge in [-0.3, -0.25) is 19.5 Å². The summed E-state index contributed by atoms with van der Waals surface area (Å²) in [4.78, 5) is 43.1. The summed E-state index contributed by atoms with van der Waals surface area (Å²) in [6.07, 6.45) is 2.34. The van der Waals surface area contributed by atoms with Crippen LogP contribution in [0, 0.1) is 5.82 Å². The third-order valence-electron chi connectivity index (χ3n) is 5.83. The molecule has 2 aromatic heterocycles. The molecule has 200 valence electrons. The topological polar surface area (TPSA) is 166 Å². The van der Waals surface area contributed by atoms with Crippen molar-refractivity contribution in [1.82, 2.24) is 14.5 Å². The van der Waals surface area contributed by atoms with Crippen LogP contribution in [0.4, 0.5) is 20.7 Å². The Bertz CT molecular complexity index is 1550. The molecule has 2 atom stereocenters. The Kier molecular flexibility index (Phi) is 7.78. The van der Waals surface area contributed by atoms with Gasteiger partial charge in [0.1, 0.15) is 22.6 Å². The number of hydrogen-bond acceptors (Lipinski definition) is 7. The number of aromatic nitrogens is 2. The third kappa shape index (κ3) is 5.83. The van der Waals surface area contributed by atoms with E-state index in [0.717, 1.165) is 16.7 Å². The summed E-state index contributed by atoms with van der Waals surface area (Å²) in [5.74, 6) is -1.34. The third-order valence-corrected chi connectivity index (χ3v) is 6.98. The van der Waals surface area contributed by atoms with Crippen molar-refractivity contribution < 1.29 is 27.1 Å². The number of benzene rings is 1. The molecule has 0 unspecified atom stereocenters. The van der Waals surface area contributed by atoms with Gasteiger partial charge in [0.2, 0.25) is 15.9 Å². The van der Waals surface area contributed by atoms with Gasteiger partial charge in [-0.05, 0) is 36.4 Å². The summed E-state index contributed by atoms with van der Waals surface area (Å²) in [6, 6.07) is 7.25. The first-order valence-corrected chi connectivity index (χ1v) is 13.0. The summed E-state index contributed by atoms with van der Waals surface area (Å²) in [6.45, 7) is 0.110. The summed E-state index contributed by atoms with van der Waals surface area (Å²) in [5, 5.41) is 10.5. The van der Waals surface area contributed by atoms with Crippen molar-refractivity contribution in [2.24, 2.45) is 5.14 Å². The van der Waals surface area contributed by atoms with Crippen LogP contribution < -0.4 is 21.3 Å². The number of anilines is 2. The van der Waals surface area contributed by atoms with E-state index in [1.807, 2.05) is 0 Å². The largest absolute Gasteiger partial charge is 0.380 e. The van der Waals surface area contributed by atoms with Gasteiger partial charge in [0.15, 0.2) is 0 Å². The molecule has 0 spiro atoms. The van der Waals surface area contributed by atoms with Crippen molar-refractivity contribution in [2.45, 2.75) is 23.5 Å². The lowest BCUT2D eigenvalue weighted by molar-refractivity contribution is -0.119. The molecule has 0 radical (unpaired) electrons. The summed E-state index contributed by atoms with van der Waals surface area (Å²) >= 11 is 5.81. The molecule has 3 heterocycles. The van der Waals surface area contributed by atoms with Crippen LogP contribution in [-0.4, -0.2) is 60.6 Å². The second-order valence-corrected chi connectivity index (χ2v) is 10.3. The highest BCUT2D eigenvalue weighted by Gasteiger charge is 2.40. The molecular weight excluding hydrogens is 543 g/mol. The molecule has 1 fully saturated rings. The minimum atomic E-state index is -4.29. The zero-order valence-electron chi connectivity index (χ0n) is 19.8. The monoisotopic (exact) mass is 564 g/mol. The van der Waals surface area contributed by atoms with Crippen LogP contribution in [0.3, 0.4) is 0 Å². The molecule has 12 nitrogen and oxygen atoms in total. The van der Waals surface area contributed by atoms with E-state index in [1.54, 1.807) is 6.07 Å². The van der Waals surface area contributed by atoms with Gasteiger partial charge in [0, 0.05) is 38.5 Å². The number of nitrogens with one attached hydrogen (secondary N) is 2. The number of nitrogens with zero attached hydrogens (tertiary/aromatic N) is 3. The quantitative estimate of drug-likeness (QED) is 0.411.